The molecule has 0 bridgehead atoms. The van der Waals surface area contributed by atoms with Crippen molar-refractivity contribution in [1.82, 2.24) is 5.48 Å². The third kappa shape index (κ3) is 235. The summed E-state index contributed by atoms with van der Waals surface area (Å²) >= 11 is 0. The van der Waals surface area contributed by atoms with Gasteiger partial charge in [-0.1, -0.05) is 0 Å². The number of carbonyl (C=O) groups is 1. The van der Waals surface area contributed by atoms with Gasteiger partial charge >= 0.3 is 0 Å². The number of hydrogen-bond donors (Lipinski definition) is 2. The van der Waals surface area contributed by atoms with Crippen molar-refractivity contribution in [1.29, 1.82) is 0 Å². The summed E-state index contributed by atoms with van der Waals surface area (Å²) in [5.74, 6) is 0. The van der Waals surface area contributed by atoms with Crippen LogP contribution in [0.3, 0.4) is 0 Å². The van der Waals surface area contributed by atoms with Crippen LogP contribution in [-0.2, 0) is 21.1 Å². The molecule has 0 aromatic rings. The maximum absolute atomic E-state index is 9.12. The molecule has 0 aliphatic rings. The molecule has 0 aliphatic carbocycles. The molecule has 14 heavy (non-hydrogen) atoms. The first-order chi connectivity index (χ1) is 5.60. The first-order valence-electron chi connectivity index (χ1n) is 2.50. The van der Waals surface area contributed by atoms with Crippen LogP contribution in [0.5, 0.6) is 0 Å². The third-order valence-corrected chi connectivity index (χ3v) is 0.227. The smallest absolute Gasteiger partial charge is 0.169 e. The Bertz CT molecular complexity index is 104. The molecule has 0 unspecified atom stereocenters. The van der Waals surface area contributed by atoms with E-state index in [2.05, 4.69) is 0 Å². The predicted molar refractivity (Wildman–Crippen MR) is 48.6 cm³/mol. The number of nitrogens with one attached hydrogen (secondary N) is 4. The van der Waals surface area contributed by atoms with Gasteiger partial charge in [0.05, 0.1) is 0 Å². The van der Waals surface area contributed by atoms with Crippen molar-refractivity contribution in [2.45, 2.75) is 0 Å². The number of rotatable bonds is 1. The zero-order valence-electron chi connectivity index (χ0n) is 7.35. The minimum absolute atomic E-state index is 0. The van der Waals surface area contributed by atoms with Gasteiger partial charge in [0.2, 0.25) is 0 Å². The van der Waals surface area contributed by atoms with Gasteiger partial charge in [0, 0.05) is 21.1 Å². The molecule has 0 aliphatic heterocycles. The molecule has 0 fully saturated rings. The van der Waals surface area contributed by atoms with Crippen LogP contribution in [0.15, 0.2) is 5.34 Å². The Morgan fingerprint density at radius 2 is 1.57 bits per heavy atom. The Balaban J connectivity index is -0.0000000278. The molecule has 0 spiro atoms. The molecule has 0 aromatic carbocycles. The summed E-state index contributed by atoms with van der Waals surface area (Å²) in [7, 11) is 0. The molecule has 0 heterocycles. The average molecular weight is 389 g/mol. The van der Waals surface area contributed by atoms with Crippen molar-refractivity contribution >= 4 is 6.03 Å². The Hall–Kier alpha value is -0.762. The third-order valence-electron chi connectivity index (χ3n) is 0.227. The van der Waals surface area contributed by atoms with Crippen LogP contribution in [0.25, 0.3) is 17.2 Å². The second-order valence-corrected chi connectivity index (χ2v) is 1.02. The Kier molecular flexibility index (Phi) is 82.9. The number of amides is 2. The minimum Gasteiger partial charge on any atom is -0.679 e. The Morgan fingerprint density at radius 1 is 1.43 bits per heavy atom. The van der Waals surface area contributed by atoms with E-state index in [1.165, 1.54) is 0 Å². The maximum Gasteiger partial charge on any atom is 0.169 e. The van der Waals surface area contributed by atoms with Crippen molar-refractivity contribution < 1.29 is 31.1 Å². The molecule has 0 atom stereocenters. The molecule has 0 rings (SSSR count). The number of urea groups is 1. The molecule has 0 saturated carbocycles. The maximum atomic E-state index is 9.12. The summed E-state index contributed by atoms with van der Waals surface area (Å²) in [6.45, 7) is 0.472. The number of hydrogen-bond acceptors (Lipinski definition) is 5. The quantitative estimate of drug-likeness (QED) is 0.302. The summed E-state index contributed by atoms with van der Waals surface area (Å²) in [5, 5.41) is 16.4. The molecule has 9 nitrogen and oxygen atoms in total. The van der Waals surface area contributed by atoms with Crippen LogP contribution < -0.4 is 5.48 Å². The van der Waals surface area contributed by atoms with Crippen LogP contribution in [0.2, 0.25) is 0 Å². The Labute approximate surface area is 96.2 Å². The summed E-state index contributed by atoms with van der Waals surface area (Å²) in [6.07, 6.45) is 0. The van der Waals surface area contributed by atoms with E-state index in [1.54, 1.807) is 0 Å². The fourth-order valence-corrected chi connectivity index (χ4v) is 0. The second kappa shape index (κ2) is 39.7. The zero-order chi connectivity index (χ0) is 10.4. The number of nitrogens with zero attached hydrogens (tertiary/aromatic N) is 1. The molecule has 2 amide bonds. The second-order valence-electron chi connectivity index (χ2n) is 1.02. The Morgan fingerprint density at radius 3 is 1.57 bits per heavy atom. The van der Waals surface area contributed by atoms with Crippen molar-refractivity contribution in [2.75, 3.05) is 13.1 Å². The fourth-order valence-electron chi connectivity index (χ4n) is 0. The van der Waals surface area contributed by atoms with E-state index in [0.717, 1.165) is 10.8 Å². The fraction of sp³-hybridized carbons (Fsp3) is 0.500. The van der Waals surface area contributed by atoms with E-state index in [9.17, 15) is 0 Å². The first-order valence-corrected chi connectivity index (χ1v) is 2.50. The van der Waals surface area contributed by atoms with E-state index in [4.69, 9.17) is 37.3 Å². The van der Waals surface area contributed by atoms with Gasteiger partial charge in [0.15, 0.2) is 6.03 Å². The monoisotopic (exact) mass is 389 g/mol. The van der Waals surface area contributed by atoms with Gasteiger partial charge < -0.3 is 45.4 Å². The van der Waals surface area contributed by atoms with Gasteiger partial charge in [0.25, 0.3) is 0 Å². The van der Waals surface area contributed by atoms with Gasteiger partial charge in [-0.15, -0.1) is 5.34 Å². The number of carbonyl (C=O) groups excluding carboxylic acids is 1. The van der Waals surface area contributed by atoms with E-state index >= 15 is 0 Å². The molecular formula is C4H12N5O4Pt-5. The first kappa shape index (κ1) is 29.2. The van der Waals surface area contributed by atoms with E-state index < -0.39 is 6.03 Å². The van der Waals surface area contributed by atoms with E-state index in [0.29, 0.717) is 0 Å². The van der Waals surface area contributed by atoms with Crippen molar-refractivity contribution in [3.05, 3.63) is 34.7 Å². The SMILES string of the molecule is O=N[O-].[CH3-].[NH-]C(=O)NO.[NH-]CC[NH-].[Pt]. The average Bonchev–Trinajstić information content (AvgIpc) is 2.06. The molecule has 0 aromatic heterocycles. The van der Waals surface area contributed by atoms with Crippen molar-refractivity contribution in [2.24, 2.45) is 5.34 Å². The normalized spacial score (nSPS) is 5.36. The van der Waals surface area contributed by atoms with Crippen LogP contribution >= 0.6 is 0 Å². The van der Waals surface area contributed by atoms with Crippen LogP contribution in [-0.4, -0.2) is 24.3 Å². The molecule has 10 heteroatoms. The predicted octanol–water partition coefficient (Wildman–Crippen LogP) is 1.93. The molecule has 92 valence electrons. The molecule has 5 N–H and O–H groups in total. The zero-order valence-corrected chi connectivity index (χ0v) is 9.62. The van der Waals surface area contributed by atoms with E-state index in [-0.39, 0.29) is 41.6 Å². The van der Waals surface area contributed by atoms with Crippen molar-refractivity contribution in [3.63, 3.8) is 0 Å². The topological polar surface area (TPSA) is 173 Å². The minimum atomic E-state index is -1.19. The molecular weight excluding hydrogens is 377 g/mol. The molecule has 0 saturated heterocycles. The van der Waals surface area contributed by atoms with Crippen LogP contribution in [0.1, 0.15) is 0 Å². The summed E-state index contributed by atoms with van der Waals surface area (Å²) in [6, 6.07) is -1.19. The summed E-state index contributed by atoms with van der Waals surface area (Å²) in [5.41, 5.74) is 19.4. The van der Waals surface area contributed by atoms with Crippen molar-refractivity contribution in [3.8, 4) is 0 Å². The largest absolute Gasteiger partial charge is 0.679 e. The number of hydroxylamine groups is 1. The van der Waals surface area contributed by atoms with Gasteiger partial charge in [-0.2, -0.15) is 13.1 Å². The standard InChI is InChI=1S/C2H6N2.CH4N2O2.CH3.HNO2.Pt/c3-1-2-4;2-1(4)3-5;;2-1-3;/h3-4H,1-2H2;(H4,2,3,4,5);1H3;(H,2,3);/q-2;;-1;;/p-2. The van der Waals surface area contributed by atoms with Gasteiger partial charge in [-0.3, -0.25) is 4.79 Å². The van der Waals surface area contributed by atoms with Gasteiger partial charge in [-0.05, 0) is 0 Å². The van der Waals surface area contributed by atoms with Gasteiger partial charge in [-0.25, -0.2) is 0 Å². The van der Waals surface area contributed by atoms with E-state index in [1.807, 2.05) is 0 Å². The van der Waals surface area contributed by atoms with Crippen LogP contribution in [0, 0.1) is 17.5 Å². The molecule has 0 radical (unpaired) electrons. The summed E-state index contributed by atoms with van der Waals surface area (Å²) in [4.78, 5) is 17.1. The summed E-state index contributed by atoms with van der Waals surface area (Å²) < 4.78 is 0. The van der Waals surface area contributed by atoms with Gasteiger partial charge in [0.1, 0.15) is 0 Å². The van der Waals surface area contributed by atoms with Crippen LogP contribution in [0.4, 0.5) is 4.79 Å².